The van der Waals surface area contributed by atoms with E-state index in [1.165, 1.54) is 0 Å². The summed E-state index contributed by atoms with van der Waals surface area (Å²) in [4.78, 5) is 10.6. The minimum absolute atomic E-state index is 0. The Balaban J connectivity index is 0.00000196. The van der Waals surface area contributed by atoms with E-state index in [2.05, 4.69) is 6.58 Å². The van der Waals surface area contributed by atoms with Crippen LogP contribution in [0, 0.1) is 0 Å². The van der Waals surface area contributed by atoms with Crippen LogP contribution in [0.1, 0.15) is 28.4 Å². The molecule has 0 aromatic heterocycles. The standard InChI is InChI=1S/C11H13NO2.ClH/c1-2-3-10(12)8-4-6-9(7-5-8)11(13)14;/h2,4-7,10H,1,3,12H2,(H,13,14);1H/t10-;/m0./s1. The van der Waals surface area contributed by atoms with Gasteiger partial charge in [0.05, 0.1) is 5.56 Å². The lowest BCUT2D eigenvalue weighted by Gasteiger charge is -2.08. The molecule has 82 valence electrons. The summed E-state index contributed by atoms with van der Waals surface area (Å²) >= 11 is 0. The van der Waals surface area contributed by atoms with Crippen LogP contribution >= 0.6 is 12.4 Å². The van der Waals surface area contributed by atoms with E-state index in [1.807, 2.05) is 0 Å². The molecule has 0 radical (unpaired) electrons. The first-order chi connectivity index (χ1) is 6.65. The van der Waals surface area contributed by atoms with E-state index in [0.29, 0.717) is 6.42 Å². The molecule has 0 aliphatic rings. The molecular weight excluding hydrogens is 214 g/mol. The Morgan fingerprint density at radius 3 is 2.40 bits per heavy atom. The molecule has 4 heteroatoms. The van der Waals surface area contributed by atoms with E-state index in [9.17, 15) is 4.79 Å². The molecule has 0 saturated carbocycles. The summed E-state index contributed by atoms with van der Waals surface area (Å²) in [5.74, 6) is -0.922. The zero-order chi connectivity index (χ0) is 10.6. The summed E-state index contributed by atoms with van der Waals surface area (Å²) in [6, 6.07) is 6.48. The second-order valence-electron chi connectivity index (χ2n) is 3.06. The van der Waals surface area contributed by atoms with Crippen LogP contribution in [0.15, 0.2) is 36.9 Å². The van der Waals surface area contributed by atoms with Gasteiger partial charge >= 0.3 is 5.97 Å². The average molecular weight is 228 g/mol. The molecular formula is C11H14ClNO2. The van der Waals surface area contributed by atoms with Gasteiger partial charge in [-0.25, -0.2) is 4.79 Å². The van der Waals surface area contributed by atoms with Crippen LogP contribution < -0.4 is 5.73 Å². The van der Waals surface area contributed by atoms with Crippen molar-refractivity contribution in [1.82, 2.24) is 0 Å². The lowest BCUT2D eigenvalue weighted by atomic mass is 10.0. The van der Waals surface area contributed by atoms with Crippen molar-refractivity contribution in [2.24, 2.45) is 5.73 Å². The molecule has 0 bridgehead atoms. The predicted molar refractivity (Wildman–Crippen MR) is 62.4 cm³/mol. The summed E-state index contributed by atoms with van der Waals surface area (Å²) in [6.45, 7) is 3.60. The highest BCUT2D eigenvalue weighted by molar-refractivity contribution is 5.87. The Hall–Kier alpha value is -1.32. The lowest BCUT2D eigenvalue weighted by molar-refractivity contribution is 0.0697. The van der Waals surface area contributed by atoms with Gasteiger partial charge in [0.25, 0.3) is 0 Å². The van der Waals surface area contributed by atoms with Crippen molar-refractivity contribution in [3.63, 3.8) is 0 Å². The average Bonchev–Trinajstić information content (AvgIpc) is 2.18. The molecule has 15 heavy (non-hydrogen) atoms. The van der Waals surface area contributed by atoms with Gasteiger partial charge in [0.15, 0.2) is 0 Å². The van der Waals surface area contributed by atoms with E-state index in [4.69, 9.17) is 10.8 Å². The molecule has 3 nitrogen and oxygen atoms in total. The molecule has 1 rings (SSSR count). The first-order valence-electron chi connectivity index (χ1n) is 4.35. The third-order valence-electron chi connectivity index (χ3n) is 2.01. The van der Waals surface area contributed by atoms with Gasteiger partial charge in [0, 0.05) is 6.04 Å². The fourth-order valence-corrected chi connectivity index (χ4v) is 1.19. The number of hydrogen-bond donors (Lipinski definition) is 2. The Morgan fingerprint density at radius 2 is 2.00 bits per heavy atom. The number of halogens is 1. The van der Waals surface area contributed by atoms with Crippen molar-refractivity contribution >= 4 is 18.4 Å². The minimum Gasteiger partial charge on any atom is -0.478 e. The molecule has 0 aliphatic heterocycles. The monoisotopic (exact) mass is 227 g/mol. The maximum atomic E-state index is 10.6. The van der Waals surface area contributed by atoms with Crippen LogP contribution in [0.5, 0.6) is 0 Å². The number of benzene rings is 1. The van der Waals surface area contributed by atoms with E-state index >= 15 is 0 Å². The summed E-state index contributed by atoms with van der Waals surface area (Å²) < 4.78 is 0. The number of rotatable bonds is 4. The highest BCUT2D eigenvalue weighted by Crippen LogP contribution is 2.14. The van der Waals surface area contributed by atoms with Crippen molar-refractivity contribution in [2.75, 3.05) is 0 Å². The van der Waals surface area contributed by atoms with Crippen LogP contribution in [-0.4, -0.2) is 11.1 Å². The van der Waals surface area contributed by atoms with Gasteiger partial charge in [-0.05, 0) is 24.1 Å². The zero-order valence-electron chi connectivity index (χ0n) is 8.22. The summed E-state index contributed by atoms with van der Waals surface area (Å²) in [6.07, 6.45) is 2.43. The van der Waals surface area contributed by atoms with Crippen molar-refractivity contribution in [3.8, 4) is 0 Å². The third kappa shape index (κ3) is 3.73. The first kappa shape index (κ1) is 13.7. The van der Waals surface area contributed by atoms with E-state index in [-0.39, 0.29) is 24.0 Å². The molecule has 0 amide bonds. The van der Waals surface area contributed by atoms with Crippen molar-refractivity contribution in [3.05, 3.63) is 48.0 Å². The quantitative estimate of drug-likeness (QED) is 0.777. The van der Waals surface area contributed by atoms with E-state index < -0.39 is 5.97 Å². The molecule has 0 fully saturated rings. The molecule has 0 aliphatic carbocycles. The Labute approximate surface area is 95.0 Å². The SMILES string of the molecule is C=CC[C@H](N)c1ccc(C(=O)O)cc1.Cl. The fraction of sp³-hybridized carbons (Fsp3) is 0.182. The van der Waals surface area contributed by atoms with Crippen LogP contribution in [0.3, 0.4) is 0 Å². The highest BCUT2D eigenvalue weighted by atomic mass is 35.5. The van der Waals surface area contributed by atoms with E-state index in [0.717, 1.165) is 5.56 Å². The van der Waals surface area contributed by atoms with Crippen molar-refractivity contribution in [2.45, 2.75) is 12.5 Å². The van der Waals surface area contributed by atoms with Crippen molar-refractivity contribution < 1.29 is 9.90 Å². The van der Waals surface area contributed by atoms with E-state index in [1.54, 1.807) is 30.3 Å². The molecule has 0 spiro atoms. The van der Waals surface area contributed by atoms with Crippen LogP contribution in [0.4, 0.5) is 0 Å². The molecule has 0 saturated heterocycles. The zero-order valence-corrected chi connectivity index (χ0v) is 9.04. The summed E-state index contributed by atoms with van der Waals surface area (Å²) in [5, 5.41) is 8.67. The summed E-state index contributed by atoms with van der Waals surface area (Å²) in [7, 11) is 0. The van der Waals surface area contributed by atoms with Crippen LogP contribution in [0.2, 0.25) is 0 Å². The van der Waals surface area contributed by atoms with Crippen LogP contribution in [-0.2, 0) is 0 Å². The maximum Gasteiger partial charge on any atom is 0.335 e. The second kappa shape index (κ2) is 6.22. The van der Waals surface area contributed by atoms with Gasteiger partial charge in [-0.3, -0.25) is 0 Å². The van der Waals surface area contributed by atoms with Gasteiger partial charge in [0.1, 0.15) is 0 Å². The normalized spacial score (nSPS) is 11.3. The Morgan fingerprint density at radius 1 is 1.47 bits per heavy atom. The smallest absolute Gasteiger partial charge is 0.335 e. The molecule has 0 unspecified atom stereocenters. The molecule has 1 aromatic rings. The van der Waals surface area contributed by atoms with Gasteiger partial charge < -0.3 is 10.8 Å². The van der Waals surface area contributed by atoms with Crippen molar-refractivity contribution in [1.29, 1.82) is 0 Å². The Kier molecular flexibility index (Phi) is 5.67. The number of nitrogens with two attached hydrogens (primary N) is 1. The maximum absolute atomic E-state index is 10.6. The summed E-state index contributed by atoms with van der Waals surface area (Å²) in [5.41, 5.74) is 7.02. The minimum atomic E-state index is -0.922. The third-order valence-corrected chi connectivity index (χ3v) is 2.01. The van der Waals surface area contributed by atoms with Gasteiger partial charge in [0.2, 0.25) is 0 Å². The fourth-order valence-electron chi connectivity index (χ4n) is 1.19. The first-order valence-corrected chi connectivity index (χ1v) is 4.35. The van der Waals surface area contributed by atoms with Gasteiger partial charge in [-0.15, -0.1) is 19.0 Å². The lowest BCUT2D eigenvalue weighted by Crippen LogP contribution is -2.09. The number of carboxylic acid groups (broad SMARTS) is 1. The molecule has 1 atom stereocenters. The number of aromatic carboxylic acids is 1. The highest BCUT2D eigenvalue weighted by Gasteiger charge is 2.05. The second-order valence-corrected chi connectivity index (χ2v) is 3.06. The topological polar surface area (TPSA) is 63.3 Å². The van der Waals surface area contributed by atoms with Crippen LogP contribution in [0.25, 0.3) is 0 Å². The number of carboxylic acids is 1. The Bertz CT molecular complexity index is 335. The predicted octanol–water partition coefficient (Wildman–Crippen LogP) is 2.38. The molecule has 0 heterocycles. The number of carbonyl (C=O) groups is 1. The van der Waals surface area contributed by atoms with Gasteiger partial charge in [-0.1, -0.05) is 18.2 Å². The molecule has 3 N–H and O–H groups in total. The largest absolute Gasteiger partial charge is 0.478 e. The molecule has 1 aromatic carbocycles. The van der Waals surface area contributed by atoms with Gasteiger partial charge in [-0.2, -0.15) is 0 Å². The number of hydrogen-bond acceptors (Lipinski definition) is 2.